The second-order valence-corrected chi connectivity index (χ2v) is 12.6. The van der Waals surface area contributed by atoms with E-state index >= 15 is 0 Å². The summed E-state index contributed by atoms with van der Waals surface area (Å²) in [6.07, 6.45) is 0. The second-order valence-electron chi connectivity index (χ2n) is 4.22. The molecule has 2 N–H and O–H groups in total. The maximum Gasteiger partial charge on any atom is 0.203 e. The van der Waals surface area contributed by atoms with Crippen LogP contribution in [-0.2, 0) is 10.1 Å². The number of rotatable bonds is 1. The van der Waals surface area contributed by atoms with Crippen molar-refractivity contribution < 1.29 is 9.79 Å². The van der Waals surface area contributed by atoms with E-state index in [1.165, 1.54) is 0 Å². The monoisotopic (exact) mass is 264 g/mol. The summed E-state index contributed by atoms with van der Waals surface area (Å²) in [5.41, 5.74) is -3.15. The standard InChI is InChI=1S/C10H17O2PS2/c1-10(2,3)15(13(11,12)14)9-7-5-4-6-8-9/h4-8,11-12,14H,1-3H3. The molecule has 0 heterocycles. The zero-order valence-corrected chi connectivity index (χ0v) is 11.7. The fraction of sp³-hybridized carbons (Fsp3) is 0.400. The average Bonchev–Trinajstić information content (AvgIpc) is 2.00. The van der Waals surface area contributed by atoms with Gasteiger partial charge in [0.25, 0.3) is 0 Å². The zero-order chi connectivity index (χ0) is 11.7. The lowest BCUT2D eigenvalue weighted by Gasteiger charge is -2.28. The van der Waals surface area contributed by atoms with E-state index in [1.807, 2.05) is 51.1 Å². The van der Waals surface area contributed by atoms with E-state index in [9.17, 15) is 9.79 Å². The first kappa shape index (κ1) is 13.3. The molecule has 86 valence electrons. The van der Waals surface area contributed by atoms with Crippen LogP contribution in [0.1, 0.15) is 20.8 Å². The van der Waals surface area contributed by atoms with E-state index in [2.05, 4.69) is 12.2 Å². The number of hydrogen-bond donors (Lipinski definition) is 3. The largest absolute Gasteiger partial charge is 0.341 e. The van der Waals surface area contributed by atoms with Crippen LogP contribution < -0.4 is 0 Å². The lowest BCUT2D eigenvalue weighted by molar-refractivity contribution is 0.501. The molecule has 0 amide bonds. The van der Waals surface area contributed by atoms with Gasteiger partial charge in [-0.05, 0) is 12.1 Å². The van der Waals surface area contributed by atoms with Crippen molar-refractivity contribution in [1.29, 1.82) is 0 Å². The minimum absolute atomic E-state index is 0.194. The van der Waals surface area contributed by atoms with Gasteiger partial charge < -0.3 is 9.79 Å². The summed E-state index contributed by atoms with van der Waals surface area (Å²) in [5, 5.41) is 0. The number of benzene rings is 1. The van der Waals surface area contributed by atoms with Crippen LogP contribution in [0.5, 0.6) is 0 Å². The molecule has 15 heavy (non-hydrogen) atoms. The number of hydrogen-bond acceptors (Lipinski definition) is 0. The molecule has 1 aromatic carbocycles. The van der Waals surface area contributed by atoms with Crippen LogP contribution in [0.2, 0.25) is 0 Å². The molecule has 0 aliphatic heterocycles. The van der Waals surface area contributed by atoms with Crippen LogP contribution in [0.4, 0.5) is 0 Å². The quantitative estimate of drug-likeness (QED) is 0.539. The summed E-state index contributed by atoms with van der Waals surface area (Å²) in [5.74, 6) is 0. The summed E-state index contributed by atoms with van der Waals surface area (Å²) >= 11 is 3.99. The Balaban J connectivity index is 3.42. The molecule has 0 bridgehead atoms. The Morgan fingerprint density at radius 2 is 1.60 bits per heavy atom. The second kappa shape index (κ2) is 4.64. The van der Waals surface area contributed by atoms with E-state index in [1.54, 1.807) is 0 Å². The van der Waals surface area contributed by atoms with E-state index in [0.717, 1.165) is 4.90 Å². The third kappa shape index (κ3) is 3.65. The van der Waals surface area contributed by atoms with E-state index in [4.69, 9.17) is 0 Å². The molecule has 1 atom stereocenters. The molecule has 0 fully saturated rings. The van der Waals surface area contributed by atoms with Crippen molar-refractivity contribution in [3.63, 3.8) is 0 Å². The van der Waals surface area contributed by atoms with Crippen LogP contribution in [-0.4, -0.2) is 14.5 Å². The highest BCUT2D eigenvalue weighted by atomic mass is 32.9. The Kier molecular flexibility index (Phi) is 4.13. The molecular formula is C10H17O2PS2. The van der Waals surface area contributed by atoms with Crippen molar-refractivity contribution in [2.45, 2.75) is 30.4 Å². The van der Waals surface area contributed by atoms with Crippen LogP contribution in [0, 0.1) is 0 Å². The molecule has 0 aliphatic carbocycles. The summed E-state index contributed by atoms with van der Waals surface area (Å²) in [6, 6.07) is 9.58. The molecule has 0 spiro atoms. The van der Waals surface area contributed by atoms with Crippen molar-refractivity contribution in [2.75, 3.05) is 0 Å². The Labute approximate surface area is 98.6 Å². The van der Waals surface area contributed by atoms with Crippen molar-refractivity contribution in [3.05, 3.63) is 30.3 Å². The smallest absolute Gasteiger partial charge is 0.203 e. The Hall–Kier alpha value is 0.270. The van der Waals surface area contributed by atoms with Gasteiger partial charge in [0.2, 0.25) is 5.69 Å². The summed E-state index contributed by atoms with van der Waals surface area (Å²) < 4.78 is -0.194. The summed E-state index contributed by atoms with van der Waals surface area (Å²) in [4.78, 5) is 20.6. The first-order valence-corrected chi connectivity index (χ1v) is 9.28. The molecule has 0 aromatic heterocycles. The Bertz CT molecular complexity index is 381. The summed E-state index contributed by atoms with van der Waals surface area (Å²) in [7, 11) is -0.636. The van der Waals surface area contributed by atoms with Gasteiger partial charge in [-0.15, -0.1) is 0 Å². The van der Waals surface area contributed by atoms with Gasteiger partial charge >= 0.3 is 0 Å². The van der Waals surface area contributed by atoms with Gasteiger partial charge in [0.1, 0.15) is 0 Å². The van der Waals surface area contributed by atoms with Gasteiger partial charge in [-0.1, -0.05) is 61.3 Å². The molecule has 0 aliphatic rings. The van der Waals surface area contributed by atoms with Gasteiger partial charge in [0.05, 0.1) is 0 Å². The lowest BCUT2D eigenvalue weighted by atomic mass is 10.3. The van der Waals surface area contributed by atoms with Crippen LogP contribution in [0.3, 0.4) is 0 Å². The van der Waals surface area contributed by atoms with E-state index in [-0.39, 0.29) is 4.75 Å². The fourth-order valence-corrected chi connectivity index (χ4v) is 10.0. The molecule has 1 rings (SSSR count). The van der Waals surface area contributed by atoms with Crippen molar-refractivity contribution in [1.82, 2.24) is 0 Å². The zero-order valence-electron chi connectivity index (χ0n) is 9.08. The highest BCUT2D eigenvalue weighted by molar-refractivity contribution is 8.66. The van der Waals surface area contributed by atoms with Crippen molar-refractivity contribution >= 4 is 28.0 Å². The topological polar surface area (TPSA) is 40.5 Å². The molecule has 0 radical (unpaired) electrons. The maximum absolute atomic E-state index is 9.81. The van der Waals surface area contributed by atoms with Crippen molar-refractivity contribution in [3.8, 4) is 0 Å². The molecule has 0 saturated heterocycles. The minimum atomic E-state index is -3.15. The minimum Gasteiger partial charge on any atom is -0.341 e. The SMILES string of the molecule is CC(C)(C)S(c1ccccc1)=P(O)(O)S. The molecule has 0 saturated carbocycles. The van der Waals surface area contributed by atoms with Crippen LogP contribution in [0.25, 0.3) is 0 Å². The first-order valence-electron chi connectivity index (χ1n) is 4.60. The average molecular weight is 264 g/mol. The molecule has 1 aromatic rings. The first-order chi connectivity index (χ1) is 6.73. The van der Waals surface area contributed by atoms with Gasteiger partial charge in [-0.25, -0.2) is 0 Å². The summed E-state index contributed by atoms with van der Waals surface area (Å²) in [6.45, 7) is 6.00. The van der Waals surface area contributed by atoms with Gasteiger partial charge in [0, 0.05) is 9.64 Å². The van der Waals surface area contributed by atoms with E-state index < -0.39 is 15.8 Å². The van der Waals surface area contributed by atoms with E-state index in [0.29, 0.717) is 0 Å². The fourth-order valence-electron chi connectivity index (χ4n) is 1.41. The van der Waals surface area contributed by atoms with Gasteiger partial charge in [-0.2, -0.15) is 0 Å². The third-order valence-electron chi connectivity index (χ3n) is 1.79. The molecular weight excluding hydrogens is 247 g/mol. The van der Waals surface area contributed by atoms with Gasteiger partial charge in [0.15, 0.2) is 0 Å². The lowest BCUT2D eigenvalue weighted by Crippen LogP contribution is -2.22. The van der Waals surface area contributed by atoms with Crippen molar-refractivity contribution in [2.24, 2.45) is 0 Å². The normalized spacial score (nSPS) is 15.1. The predicted molar refractivity (Wildman–Crippen MR) is 72.2 cm³/mol. The molecule has 5 heteroatoms. The highest BCUT2D eigenvalue weighted by Gasteiger charge is 2.25. The number of thiol groups is 1. The van der Waals surface area contributed by atoms with Crippen LogP contribution in [0.15, 0.2) is 35.2 Å². The highest BCUT2D eigenvalue weighted by Crippen LogP contribution is 2.52. The molecule has 2 nitrogen and oxygen atoms in total. The maximum atomic E-state index is 9.81. The van der Waals surface area contributed by atoms with Crippen LogP contribution >= 0.6 is 17.9 Å². The Morgan fingerprint density at radius 1 is 1.13 bits per heavy atom. The predicted octanol–water partition coefficient (Wildman–Crippen LogP) is 3.05. The van der Waals surface area contributed by atoms with Gasteiger partial charge in [-0.3, -0.25) is 0 Å². The Morgan fingerprint density at radius 3 is 1.93 bits per heavy atom. The molecule has 1 unspecified atom stereocenters. The third-order valence-corrected chi connectivity index (χ3v) is 9.38.